The van der Waals surface area contributed by atoms with Gasteiger partial charge in [-0.05, 0) is 29.9 Å². The summed E-state index contributed by atoms with van der Waals surface area (Å²) < 4.78 is 5.11. The fourth-order valence-electron chi connectivity index (χ4n) is 1.47. The van der Waals surface area contributed by atoms with Gasteiger partial charge in [-0.25, -0.2) is 4.79 Å². The molecule has 2 nitrogen and oxygen atoms in total. The molecular formula is C14H12O2. The molecule has 2 aromatic rings. The lowest BCUT2D eigenvalue weighted by atomic mass is 10.2. The zero-order chi connectivity index (χ0) is 11.4. The van der Waals surface area contributed by atoms with Gasteiger partial charge in [0.25, 0.3) is 0 Å². The largest absolute Gasteiger partial charge is 0.414 e. The summed E-state index contributed by atoms with van der Waals surface area (Å²) in [4.78, 5) is 11.6. The van der Waals surface area contributed by atoms with Crippen LogP contribution in [-0.2, 0) is 0 Å². The highest BCUT2D eigenvalue weighted by Crippen LogP contribution is 2.10. The number of hydrogen-bond donors (Lipinski definition) is 0. The quantitative estimate of drug-likeness (QED) is 0.680. The van der Waals surface area contributed by atoms with Crippen LogP contribution in [0.25, 0.3) is 10.8 Å². The fraction of sp³-hybridized carbons (Fsp3) is 0.214. The van der Waals surface area contributed by atoms with E-state index in [2.05, 4.69) is 18.8 Å². The number of hydrogen-bond acceptors (Lipinski definition) is 2. The summed E-state index contributed by atoms with van der Waals surface area (Å²) in [5.41, 5.74) is -0.320. The second-order valence-electron chi connectivity index (χ2n) is 3.54. The van der Waals surface area contributed by atoms with Crippen LogP contribution in [0.4, 0.5) is 0 Å². The van der Waals surface area contributed by atoms with E-state index in [4.69, 9.17) is 4.42 Å². The summed E-state index contributed by atoms with van der Waals surface area (Å²) in [7, 11) is 0. The van der Waals surface area contributed by atoms with Gasteiger partial charge in [0.2, 0.25) is 0 Å². The average Bonchev–Trinajstić information content (AvgIpc) is 2.30. The van der Waals surface area contributed by atoms with Gasteiger partial charge in [-0.1, -0.05) is 31.0 Å². The summed E-state index contributed by atoms with van der Waals surface area (Å²) in [6, 6.07) is 9.16. The van der Waals surface area contributed by atoms with Gasteiger partial charge in [-0.3, -0.25) is 0 Å². The molecule has 1 heterocycles. The smallest absolute Gasteiger partial charge is 0.344 e. The summed E-state index contributed by atoms with van der Waals surface area (Å²) in [6.07, 6.45) is 1.82. The third-order valence-corrected chi connectivity index (χ3v) is 2.26. The van der Waals surface area contributed by atoms with Crippen LogP contribution in [0.2, 0.25) is 0 Å². The molecule has 0 amide bonds. The lowest BCUT2D eigenvalue weighted by Crippen LogP contribution is -1.99. The molecule has 0 bridgehead atoms. The van der Waals surface area contributed by atoms with Crippen molar-refractivity contribution in [3.05, 3.63) is 46.5 Å². The maximum Gasteiger partial charge on any atom is 0.344 e. The van der Waals surface area contributed by atoms with Crippen LogP contribution in [0, 0.1) is 11.8 Å². The highest BCUT2D eigenvalue weighted by Gasteiger charge is 2.00. The Morgan fingerprint density at radius 2 is 2.12 bits per heavy atom. The van der Waals surface area contributed by atoms with Gasteiger partial charge < -0.3 is 4.42 Å². The van der Waals surface area contributed by atoms with Crippen molar-refractivity contribution in [2.24, 2.45) is 0 Å². The Hall–Kier alpha value is -2.01. The molecular weight excluding hydrogens is 200 g/mol. The number of benzene rings is 1. The molecule has 0 fully saturated rings. The topological polar surface area (TPSA) is 30.2 Å². The monoisotopic (exact) mass is 212 g/mol. The molecule has 0 aliphatic rings. The van der Waals surface area contributed by atoms with E-state index < -0.39 is 0 Å². The molecule has 0 aliphatic heterocycles. The normalized spacial score (nSPS) is 9.81. The molecule has 2 rings (SSSR count). The standard InChI is InChI=1S/C14H12O2/c1-2-3-4-8-12-10-11-7-5-6-9-13(11)14(15)16-12/h5-7,9-10H,2-3H2,1H3. The molecule has 0 saturated heterocycles. The third-order valence-electron chi connectivity index (χ3n) is 2.26. The summed E-state index contributed by atoms with van der Waals surface area (Å²) >= 11 is 0. The Bertz CT molecular complexity index is 612. The predicted octanol–water partition coefficient (Wildman–Crippen LogP) is 2.94. The van der Waals surface area contributed by atoms with Gasteiger partial charge in [0.05, 0.1) is 5.39 Å². The summed E-state index contributed by atoms with van der Waals surface area (Å²) in [5, 5.41) is 1.48. The second kappa shape index (κ2) is 4.67. The average molecular weight is 212 g/mol. The molecule has 2 heteroatoms. The molecule has 0 unspecified atom stereocenters. The molecule has 80 valence electrons. The van der Waals surface area contributed by atoms with Gasteiger partial charge in [-0.15, -0.1) is 0 Å². The zero-order valence-corrected chi connectivity index (χ0v) is 9.12. The highest BCUT2D eigenvalue weighted by molar-refractivity contribution is 5.81. The van der Waals surface area contributed by atoms with Gasteiger partial charge in [0.1, 0.15) is 0 Å². The molecule has 0 N–H and O–H groups in total. The van der Waals surface area contributed by atoms with Crippen molar-refractivity contribution < 1.29 is 4.42 Å². The zero-order valence-electron chi connectivity index (χ0n) is 9.12. The number of rotatable bonds is 1. The van der Waals surface area contributed by atoms with Crippen LogP contribution in [0.1, 0.15) is 25.5 Å². The predicted molar refractivity (Wildman–Crippen MR) is 64.3 cm³/mol. The van der Waals surface area contributed by atoms with Gasteiger partial charge >= 0.3 is 5.63 Å². The first-order valence-electron chi connectivity index (χ1n) is 5.33. The van der Waals surface area contributed by atoms with Crippen molar-refractivity contribution in [2.45, 2.75) is 19.8 Å². The minimum Gasteiger partial charge on any atom is -0.414 e. The number of fused-ring (bicyclic) bond motifs is 1. The second-order valence-corrected chi connectivity index (χ2v) is 3.54. The lowest BCUT2D eigenvalue weighted by molar-refractivity contribution is 0.507. The summed E-state index contributed by atoms with van der Waals surface area (Å²) in [5.74, 6) is 6.26. The molecule has 16 heavy (non-hydrogen) atoms. The fourth-order valence-corrected chi connectivity index (χ4v) is 1.47. The van der Waals surface area contributed by atoms with Crippen molar-refractivity contribution in [3.8, 4) is 11.8 Å². The molecule has 1 aromatic heterocycles. The Morgan fingerprint density at radius 1 is 1.31 bits per heavy atom. The van der Waals surface area contributed by atoms with E-state index in [1.165, 1.54) is 0 Å². The Morgan fingerprint density at radius 3 is 2.94 bits per heavy atom. The summed E-state index contributed by atoms with van der Waals surface area (Å²) in [6.45, 7) is 2.06. The van der Waals surface area contributed by atoms with E-state index in [-0.39, 0.29) is 5.63 Å². The first-order valence-corrected chi connectivity index (χ1v) is 5.33. The molecule has 0 radical (unpaired) electrons. The molecule has 0 aliphatic carbocycles. The van der Waals surface area contributed by atoms with E-state index in [0.29, 0.717) is 11.1 Å². The Balaban J connectivity index is 2.51. The highest BCUT2D eigenvalue weighted by atomic mass is 16.4. The van der Waals surface area contributed by atoms with Gasteiger partial charge in [0.15, 0.2) is 5.76 Å². The SMILES string of the molecule is CCCC#Cc1cc2ccccc2c(=O)o1. The molecule has 1 aromatic carbocycles. The van der Waals surface area contributed by atoms with Crippen LogP contribution >= 0.6 is 0 Å². The Kier molecular flexibility index (Phi) is 3.07. The molecule has 0 saturated carbocycles. The van der Waals surface area contributed by atoms with E-state index >= 15 is 0 Å². The van der Waals surface area contributed by atoms with Crippen molar-refractivity contribution in [1.29, 1.82) is 0 Å². The van der Waals surface area contributed by atoms with E-state index in [0.717, 1.165) is 18.2 Å². The van der Waals surface area contributed by atoms with Crippen LogP contribution < -0.4 is 5.63 Å². The maximum absolute atomic E-state index is 11.6. The van der Waals surface area contributed by atoms with Crippen molar-refractivity contribution in [3.63, 3.8) is 0 Å². The minimum absolute atomic E-state index is 0.320. The van der Waals surface area contributed by atoms with Crippen LogP contribution in [0.15, 0.2) is 39.5 Å². The van der Waals surface area contributed by atoms with E-state index in [1.807, 2.05) is 18.2 Å². The van der Waals surface area contributed by atoms with Gasteiger partial charge in [0, 0.05) is 6.42 Å². The van der Waals surface area contributed by atoms with Crippen LogP contribution in [-0.4, -0.2) is 0 Å². The van der Waals surface area contributed by atoms with Crippen LogP contribution in [0.3, 0.4) is 0 Å². The van der Waals surface area contributed by atoms with Crippen molar-refractivity contribution in [1.82, 2.24) is 0 Å². The Labute approximate surface area is 93.9 Å². The van der Waals surface area contributed by atoms with Crippen molar-refractivity contribution in [2.75, 3.05) is 0 Å². The lowest BCUT2D eigenvalue weighted by Gasteiger charge is -1.95. The molecule has 0 atom stereocenters. The first kappa shape index (κ1) is 10.5. The number of unbranched alkanes of at least 4 members (excludes halogenated alkanes) is 1. The van der Waals surface area contributed by atoms with Crippen molar-refractivity contribution >= 4 is 10.8 Å². The first-order chi connectivity index (χ1) is 7.81. The van der Waals surface area contributed by atoms with Gasteiger partial charge in [-0.2, -0.15) is 0 Å². The van der Waals surface area contributed by atoms with E-state index in [1.54, 1.807) is 12.1 Å². The maximum atomic E-state index is 11.6. The molecule has 0 spiro atoms. The van der Waals surface area contributed by atoms with E-state index in [9.17, 15) is 4.79 Å². The minimum atomic E-state index is -0.320. The van der Waals surface area contributed by atoms with Crippen LogP contribution in [0.5, 0.6) is 0 Å². The third kappa shape index (κ3) is 2.14.